The number of nitrogens with one attached hydrogen (secondary N) is 1. The van der Waals surface area contributed by atoms with Crippen LogP contribution in [-0.2, 0) is 6.42 Å². The van der Waals surface area contributed by atoms with Gasteiger partial charge in [0.05, 0.1) is 21.9 Å². The molecule has 0 aliphatic carbocycles. The van der Waals surface area contributed by atoms with Gasteiger partial charge in [0.25, 0.3) is 0 Å². The zero-order chi connectivity index (χ0) is 15.5. The Morgan fingerprint density at radius 3 is 2.55 bits per heavy atom. The van der Waals surface area contributed by atoms with Crippen molar-refractivity contribution in [3.05, 3.63) is 58.2 Å². The monoisotopic (exact) mass is 311 g/mol. The van der Waals surface area contributed by atoms with Crippen molar-refractivity contribution < 1.29 is 0 Å². The maximum Gasteiger partial charge on any atom is 0.0926 e. The number of aryl methyl sites for hydroxylation is 1. The Bertz CT molecular complexity index is 766. The Morgan fingerprint density at radius 1 is 1.00 bits per heavy atom. The molecule has 0 saturated carbocycles. The van der Waals surface area contributed by atoms with Crippen LogP contribution in [0.25, 0.3) is 10.9 Å². The molecule has 1 aromatic carbocycles. The van der Waals surface area contributed by atoms with Crippen molar-refractivity contribution >= 4 is 22.2 Å². The van der Waals surface area contributed by atoms with E-state index < -0.39 is 0 Å². The number of thiazole rings is 1. The van der Waals surface area contributed by atoms with Gasteiger partial charge < -0.3 is 5.32 Å². The van der Waals surface area contributed by atoms with E-state index in [1.165, 1.54) is 10.4 Å². The van der Waals surface area contributed by atoms with Gasteiger partial charge in [-0.05, 0) is 32.4 Å². The average Bonchev–Trinajstić information content (AvgIpc) is 3.03. The number of nitrogens with zero attached hydrogens (tertiary/aromatic N) is 2. The molecule has 2 aromatic heterocycles. The second-order valence-electron chi connectivity index (χ2n) is 5.56. The predicted molar refractivity (Wildman–Crippen MR) is 93.2 cm³/mol. The standard InChI is InChI=1S/C18H21N3S/c1-4-18-21-17(11-22-18)13(3)19-12(2)15-10-9-14-7-5-6-8-16(14)20-15/h5-13,19H,4H2,1-3H3/t12-,13-/m1/s1. The summed E-state index contributed by atoms with van der Waals surface area (Å²) in [4.78, 5) is 9.42. The third-order valence-electron chi connectivity index (χ3n) is 3.88. The van der Waals surface area contributed by atoms with E-state index >= 15 is 0 Å². The fourth-order valence-corrected chi connectivity index (χ4v) is 3.39. The molecule has 0 unspecified atom stereocenters. The van der Waals surface area contributed by atoms with Crippen LogP contribution in [0.3, 0.4) is 0 Å². The maximum atomic E-state index is 4.76. The lowest BCUT2D eigenvalue weighted by Crippen LogP contribution is -2.23. The fraction of sp³-hybridized carbons (Fsp3) is 0.333. The van der Waals surface area contributed by atoms with Gasteiger partial charge in [-0.15, -0.1) is 11.3 Å². The van der Waals surface area contributed by atoms with E-state index in [9.17, 15) is 0 Å². The van der Waals surface area contributed by atoms with Crippen molar-refractivity contribution in [1.29, 1.82) is 0 Å². The van der Waals surface area contributed by atoms with Gasteiger partial charge in [0.1, 0.15) is 0 Å². The lowest BCUT2D eigenvalue weighted by molar-refractivity contribution is 0.480. The lowest BCUT2D eigenvalue weighted by atomic mass is 10.1. The normalized spacial score (nSPS) is 14.1. The summed E-state index contributed by atoms with van der Waals surface area (Å²) in [5.41, 5.74) is 3.23. The van der Waals surface area contributed by atoms with E-state index in [0.29, 0.717) is 0 Å². The topological polar surface area (TPSA) is 37.8 Å². The first-order valence-electron chi connectivity index (χ1n) is 7.73. The molecule has 0 aliphatic heterocycles. The second-order valence-corrected chi connectivity index (χ2v) is 6.50. The van der Waals surface area contributed by atoms with E-state index in [0.717, 1.165) is 23.3 Å². The third kappa shape index (κ3) is 3.18. The minimum atomic E-state index is 0.186. The molecule has 2 atom stereocenters. The third-order valence-corrected chi connectivity index (χ3v) is 4.89. The van der Waals surface area contributed by atoms with Crippen molar-refractivity contribution in [3.8, 4) is 0 Å². The minimum absolute atomic E-state index is 0.186. The molecule has 3 aromatic rings. The molecular formula is C18H21N3S. The molecule has 3 rings (SSSR count). The Kier molecular flexibility index (Phi) is 4.50. The SMILES string of the molecule is CCc1nc([C@@H](C)N[C@H](C)c2ccc3ccccc3n2)cs1. The Balaban J connectivity index is 1.75. The molecular weight excluding hydrogens is 290 g/mol. The van der Waals surface area contributed by atoms with Crippen LogP contribution >= 0.6 is 11.3 Å². The van der Waals surface area contributed by atoms with Crippen molar-refractivity contribution in [2.24, 2.45) is 0 Å². The van der Waals surface area contributed by atoms with Crippen LogP contribution < -0.4 is 5.32 Å². The molecule has 0 amide bonds. The quantitative estimate of drug-likeness (QED) is 0.744. The molecule has 2 heterocycles. The number of hydrogen-bond acceptors (Lipinski definition) is 4. The highest BCUT2D eigenvalue weighted by molar-refractivity contribution is 7.09. The zero-order valence-corrected chi connectivity index (χ0v) is 14.0. The Hall–Kier alpha value is -1.78. The summed E-state index contributed by atoms with van der Waals surface area (Å²) in [7, 11) is 0. The summed E-state index contributed by atoms with van der Waals surface area (Å²) in [6.45, 7) is 6.45. The van der Waals surface area contributed by atoms with Crippen LogP contribution in [0, 0.1) is 0 Å². The Labute approximate surface area is 135 Å². The van der Waals surface area contributed by atoms with E-state index in [2.05, 4.69) is 60.7 Å². The largest absolute Gasteiger partial charge is 0.301 e. The minimum Gasteiger partial charge on any atom is -0.301 e. The van der Waals surface area contributed by atoms with Crippen LogP contribution in [0.4, 0.5) is 0 Å². The number of pyridine rings is 1. The first-order chi connectivity index (χ1) is 10.7. The van der Waals surface area contributed by atoms with Crippen molar-refractivity contribution in [2.45, 2.75) is 39.3 Å². The zero-order valence-electron chi connectivity index (χ0n) is 13.2. The number of para-hydroxylation sites is 1. The molecule has 22 heavy (non-hydrogen) atoms. The van der Waals surface area contributed by atoms with Gasteiger partial charge in [0.15, 0.2) is 0 Å². The van der Waals surface area contributed by atoms with Crippen LogP contribution in [0.5, 0.6) is 0 Å². The van der Waals surface area contributed by atoms with Crippen LogP contribution in [0.1, 0.15) is 49.3 Å². The lowest BCUT2D eigenvalue weighted by Gasteiger charge is -2.18. The van der Waals surface area contributed by atoms with Gasteiger partial charge in [-0.25, -0.2) is 4.98 Å². The molecule has 4 heteroatoms. The van der Waals surface area contributed by atoms with Crippen LogP contribution in [0.2, 0.25) is 0 Å². The van der Waals surface area contributed by atoms with E-state index in [1.807, 2.05) is 12.1 Å². The van der Waals surface area contributed by atoms with Crippen molar-refractivity contribution in [3.63, 3.8) is 0 Å². The number of fused-ring (bicyclic) bond motifs is 1. The van der Waals surface area contributed by atoms with Gasteiger partial charge in [-0.3, -0.25) is 4.98 Å². The molecule has 3 nitrogen and oxygen atoms in total. The Morgan fingerprint density at radius 2 is 1.77 bits per heavy atom. The molecule has 0 spiro atoms. The first kappa shape index (κ1) is 15.1. The summed E-state index contributed by atoms with van der Waals surface area (Å²) >= 11 is 1.74. The fourth-order valence-electron chi connectivity index (χ4n) is 2.56. The highest BCUT2D eigenvalue weighted by Crippen LogP contribution is 2.22. The highest BCUT2D eigenvalue weighted by atomic mass is 32.1. The molecule has 1 N–H and O–H groups in total. The van der Waals surface area contributed by atoms with Crippen LogP contribution in [0.15, 0.2) is 41.8 Å². The molecule has 0 radical (unpaired) electrons. The number of aromatic nitrogens is 2. The van der Waals surface area contributed by atoms with E-state index in [-0.39, 0.29) is 12.1 Å². The van der Waals surface area contributed by atoms with E-state index in [1.54, 1.807) is 11.3 Å². The molecule has 114 valence electrons. The average molecular weight is 311 g/mol. The van der Waals surface area contributed by atoms with Gasteiger partial charge in [-0.2, -0.15) is 0 Å². The molecule has 0 fully saturated rings. The van der Waals surface area contributed by atoms with E-state index in [4.69, 9.17) is 4.98 Å². The van der Waals surface area contributed by atoms with Crippen molar-refractivity contribution in [2.75, 3.05) is 0 Å². The van der Waals surface area contributed by atoms with Gasteiger partial charge in [0, 0.05) is 22.8 Å². The maximum absolute atomic E-state index is 4.76. The first-order valence-corrected chi connectivity index (χ1v) is 8.61. The van der Waals surface area contributed by atoms with Crippen LogP contribution in [-0.4, -0.2) is 9.97 Å². The molecule has 0 bridgehead atoms. The second kappa shape index (κ2) is 6.55. The summed E-state index contributed by atoms with van der Waals surface area (Å²) < 4.78 is 0. The predicted octanol–water partition coefficient (Wildman–Crippen LogP) is 4.67. The highest BCUT2D eigenvalue weighted by Gasteiger charge is 2.14. The van der Waals surface area contributed by atoms with Gasteiger partial charge >= 0.3 is 0 Å². The summed E-state index contributed by atoms with van der Waals surface area (Å²) in [6, 6.07) is 12.9. The van der Waals surface area contributed by atoms with Crippen molar-refractivity contribution in [1.82, 2.24) is 15.3 Å². The van der Waals surface area contributed by atoms with Gasteiger partial charge in [0.2, 0.25) is 0 Å². The number of benzene rings is 1. The summed E-state index contributed by atoms with van der Waals surface area (Å²) in [5, 5.41) is 8.12. The van der Waals surface area contributed by atoms with Gasteiger partial charge in [-0.1, -0.05) is 31.2 Å². The molecule has 0 saturated heterocycles. The summed E-state index contributed by atoms with van der Waals surface area (Å²) in [5.74, 6) is 0. The number of rotatable bonds is 5. The smallest absolute Gasteiger partial charge is 0.0926 e. The molecule has 0 aliphatic rings. The summed E-state index contributed by atoms with van der Waals surface area (Å²) in [6.07, 6.45) is 0.999. The number of hydrogen-bond donors (Lipinski definition) is 1.